The summed E-state index contributed by atoms with van der Waals surface area (Å²) < 4.78 is 19.4. The number of nitrogens with zero attached hydrogens (tertiary/aromatic N) is 2. The van der Waals surface area contributed by atoms with E-state index in [1.54, 1.807) is 28.4 Å². The second-order valence-electron chi connectivity index (χ2n) is 7.55. The molecule has 0 aliphatic carbocycles. The van der Waals surface area contributed by atoms with Crippen molar-refractivity contribution in [1.82, 2.24) is 9.80 Å². The van der Waals surface area contributed by atoms with Crippen LogP contribution >= 0.6 is 11.3 Å². The number of hydrogen-bond donors (Lipinski definition) is 0. The molecule has 1 aromatic heterocycles. The Morgan fingerprint density at radius 3 is 2.83 bits per heavy atom. The van der Waals surface area contributed by atoms with Crippen molar-refractivity contribution in [3.8, 4) is 5.75 Å². The predicted octanol–water partition coefficient (Wildman–Crippen LogP) is 4.43. The van der Waals surface area contributed by atoms with E-state index in [1.807, 2.05) is 37.1 Å². The first-order valence-electron chi connectivity index (χ1n) is 10.5. The minimum Gasteiger partial charge on any atom is -0.491 e. The first kappa shape index (κ1) is 22.3. The molecule has 1 aliphatic heterocycles. The van der Waals surface area contributed by atoms with E-state index in [9.17, 15) is 14.0 Å². The number of halogens is 1. The fraction of sp³-hybridized carbons (Fsp3) is 0.478. The van der Waals surface area contributed by atoms with E-state index >= 15 is 0 Å². The number of rotatable bonds is 8. The normalized spacial score (nSPS) is 16.7. The van der Waals surface area contributed by atoms with E-state index < -0.39 is 0 Å². The second kappa shape index (κ2) is 10.1. The van der Waals surface area contributed by atoms with Gasteiger partial charge in [0.2, 0.25) is 11.8 Å². The molecule has 5 nitrogen and oxygen atoms in total. The molecule has 0 fully saturated rings. The average Bonchev–Trinajstić information content (AvgIpc) is 3.23. The van der Waals surface area contributed by atoms with Crippen LogP contribution in [0.2, 0.25) is 0 Å². The standard InChI is InChI=1S/C23H29FN2O3S/c1-4-16(3)26(22(27)5-2)14-23(28)25-11-9-21-19(10-12-30-21)20(25)15-29-18-8-6-7-17(24)13-18/h6-8,10,12-13,16,20H,4-5,9,11,14-15H2,1-3H3/t16-,20+/m1/s1. The maximum Gasteiger partial charge on any atom is 0.242 e. The molecule has 0 spiro atoms. The molecular formula is C23H29FN2O3S. The Bertz CT molecular complexity index is 885. The van der Waals surface area contributed by atoms with Crippen LogP contribution in [-0.4, -0.2) is 47.4 Å². The van der Waals surface area contributed by atoms with E-state index in [0.717, 1.165) is 18.4 Å². The number of carbonyl (C=O) groups is 2. The van der Waals surface area contributed by atoms with Crippen LogP contribution in [0.5, 0.6) is 5.75 Å². The van der Waals surface area contributed by atoms with Crippen molar-refractivity contribution < 1.29 is 18.7 Å². The molecule has 2 amide bonds. The molecule has 0 bridgehead atoms. The van der Waals surface area contributed by atoms with Gasteiger partial charge in [0.1, 0.15) is 24.7 Å². The van der Waals surface area contributed by atoms with Crippen molar-refractivity contribution in [2.45, 2.75) is 52.1 Å². The molecule has 30 heavy (non-hydrogen) atoms. The number of thiophene rings is 1. The van der Waals surface area contributed by atoms with Crippen molar-refractivity contribution in [3.05, 3.63) is 52.0 Å². The maximum absolute atomic E-state index is 13.5. The van der Waals surface area contributed by atoms with E-state index in [-0.39, 0.29) is 42.9 Å². The third kappa shape index (κ3) is 5.01. The Hall–Kier alpha value is -2.41. The van der Waals surface area contributed by atoms with Gasteiger partial charge in [0.05, 0.1) is 6.04 Å². The van der Waals surface area contributed by atoms with Gasteiger partial charge in [0, 0.05) is 30.0 Å². The average molecular weight is 433 g/mol. The van der Waals surface area contributed by atoms with Crippen LogP contribution in [0.4, 0.5) is 4.39 Å². The van der Waals surface area contributed by atoms with Gasteiger partial charge in [0.25, 0.3) is 0 Å². The van der Waals surface area contributed by atoms with E-state index in [0.29, 0.717) is 18.7 Å². The zero-order valence-corrected chi connectivity index (χ0v) is 18.6. The topological polar surface area (TPSA) is 49.9 Å². The molecule has 3 rings (SSSR count). The highest BCUT2D eigenvalue weighted by molar-refractivity contribution is 7.10. The van der Waals surface area contributed by atoms with Gasteiger partial charge in [-0.1, -0.05) is 19.9 Å². The molecule has 0 N–H and O–H groups in total. The molecule has 7 heteroatoms. The van der Waals surface area contributed by atoms with Crippen molar-refractivity contribution in [2.24, 2.45) is 0 Å². The molecule has 2 heterocycles. The Morgan fingerprint density at radius 2 is 2.13 bits per heavy atom. The Morgan fingerprint density at radius 1 is 1.33 bits per heavy atom. The summed E-state index contributed by atoms with van der Waals surface area (Å²) in [6.45, 7) is 6.69. The van der Waals surface area contributed by atoms with Crippen molar-refractivity contribution in [2.75, 3.05) is 19.7 Å². The number of amides is 2. The second-order valence-corrected chi connectivity index (χ2v) is 8.55. The quantitative estimate of drug-likeness (QED) is 0.620. The first-order chi connectivity index (χ1) is 14.4. The molecular weight excluding hydrogens is 403 g/mol. The maximum atomic E-state index is 13.5. The summed E-state index contributed by atoms with van der Waals surface area (Å²) in [5, 5.41) is 2.03. The lowest BCUT2D eigenvalue weighted by atomic mass is 10.00. The molecule has 0 unspecified atom stereocenters. The van der Waals surface area contributed by atoms with Crippen LogP contribution in [-0.2, 0) is 16.0 Å². The number of ether oxygens (including phenoxy) is 1. The monoisotopic (exact) mass is 432 g/mol. The van der Waals surface area contributed by atoms with Gasteiger partial charge in [-0.2, -0.15) is 0 Å². The summed E-state index contributed by atoms with van der Waals surface area (Å²) in [6, 6.07) is 7.80. The van der Waals surface area contributed by atoms with Crippen LogP contribution in [0.15, 0.2) is 35.7 Å². The van der Waals surface area contributed by atoms with Crippen molar-refractivity contribution in [3.63, 3.8) is 0 Å². The molecule has 0 saturated heterocycles. The zero-order valence-electron chi connectivity index (χ0n) is 17.8. The predicted molar refractivity (Wildman–Crippen MR) is 116 cm³/mol. The Kier molecular flexibility index (Phi) is 7.48. The van der Waals surface area contributed by atoms with Crippen LogP contribution in [0, 0.1) is 5.82 Å². The van der Waals surface area contributed by atoms with Gasteiger partial charge in [-0.05, 0) is 48.9 Å². The van der Waals surface area contributed by atoms with Crippen LogP contribution in [0.25, 0.3) is 0 Å². The van der Waals surface area contributed by atoms with Gasteiger partial charge < -0.3 is 14.5 Å². The lowest BCUT2D eigenvalue weighted by Crippen LogP contribution is -2.49. The summed E-state index contributed by atoms with van der Waals surface area (Å²) in [4.78, 5) is 30.4. The zero-order chi connectivity index (χ0) is 21.7. The van der Waals surface area contributed by atoms with Gasteiger partial charge in [-0.3, -0.25) is 9.59 Å². The number of fused-ring (bicyclic) bond motifs is 1. The lowest BCUT2D eigenvalue weighted by molar-refractivity contribution is -0.144. The smallest absolute Gasteiger partial charge is 0.242 e. The number of hydrogen-bond acceptors (Lipinski definition) is 4. The highest BCUT2D eigenvalue weighted by Gasteiger charge is 2.34. The fourth-order valence-corrected chi connectivity index (χ4v) is 4.68. The third-order valence-corrected chi connectivity index (χ3v) is 6.67. The fourth-order valence-electron chi connectivity index (χ4n) is 3.76. The number of carbonyl (C=O) groups excluding carboxylic acids is 2. The largest absolute Gasteiger partial charge is 0.491 e. The lowest BCUT2D eigenvalue weighted by Gasteiger charge is -2.38. The molecule has 162 valence electrons. The molecule has 1 aromatic carbocycles. The van der Waals surface area contributed by atoms with Gasteiger partial charge in [0.15, 0.2) is 0 Å². The van der Waals surface area contributed by atoms with E-state index in [2.05, 4.69) is 0 Å². The molecule has 2 aromatic rings. The van der Waals surface area contributed by atoms with Gasteiger partial charge >= 0.3 is 0 Å². The minimum atomic E-state index is -0.359. The SMILES string of the molecule is CCC(=O)N(CC(=O)N1CCc2sccc2[C@@H]1COc1cccc(F)c1)[C@H](C)CC. The molecule has 0 radical (unpaired) electrons. The van der Waals surface area contributed by atoms with Crippen LogP contribution < -0.4 is 4.74 Å². The van der Waals surface area contributed by atoms with Crippen molar-refractivity contribution in [1.29, 1.82) is 0 Å². The summed E-state index contributed by atoms with van der Waals surface area (Å²) >= 11 is 1.68. The van der Waals surface area contributed by atoms with E-state index in [4.69, 9.17) is 4.74 Å². The van der Waals surface area contributed by atoms with E-state index in [1.165, 1.54) is 17.0 Å². The highest BCUT2D eigenvalue weighted by atomic mass is 32.1. The van der Waals surface area contributed by atoms with Gasteiger partial charge in [-0.25, -0.2) is 4.39 Å². The van der Waals surface area contributed by atoms with Crippen molar-refractivity contribution >= 4 is 23.2 Å². The summed E-state index contributed by atoms with van der Waals surface area (Å²) in [6.07, 6.45) is 1.96. The van der Waals surface area contributed by atoms with Crippen LogP contribution in [0.1, 0.15) is 50.1 Å². The minimum absolute atomic E-state index is 0.00453. The number of benzene rings is 1. The molecule has 0 saturated carbocycles. The van der Waals surface area contributed by atoms with Gasteiger partial charge in [-0.15, -0.1) is 11.3 Å². The first-order valence-corrected chi connectivity index (χ1v) is 11.4. The highest BCUT2D eigenvalue weighted by Crippen LogP contribution is 2.34. The third-order valence-electron chi connectivity index (χ3n) is 5.67. The van der Waals surface area contributed by atoms with Crippen LogP contribution in [0.3, 0.4) is 0 Å². The summed E-state index contributed by atoms with van der Waals surface area (Å²) in [5.74, 6) is -0.0185. The molecule has 2 atom stereocenters. The summed E-state index contributed by atoms with van der Waals surface area (Å²) in [5.41, 5.74) is 1.08. The summed E-state index contributed by atoms with van der Waals surface area (Å²) in [7, 11) is 0. The Balaban J connectivity index is 1.79. The molecule has 1 aliphatic rings. The Labute approximate surface area is 181 Å².